The fourth-order valence-corrected chi connectivity index (χ4v) is 8.19. The van der Waals surface area contributed by atoms with Gasteiger partial charge in [-0.15, -0.1) is 0 Å². The molecule has 3 fully saturated rings. The van der Waals surface area contributed by atoms with Crippen molar-refractivity contribution in [1.29, 1.82) is 0 Å². The third kappa shape index (κ3) is 5.52. The maximum Gasteiger partial charge on any atom is 0.243 e. The third-order valence-electron chi connectivity index (χ3n) is 8.12. The van der Waals surface area contributed by atoms with Gasteiger partial charge in [0.15, 0.2) is 0 Å². The Morgan fingerprint density at radius 3 is 2.00 bits per heavy atom. The van der Waals surface area contributed by atoms with Crippen LogP contribution in [0.4, 0.5) is 0 Å². The highest BCUT2D eigenvalue weighted by Gasteiger charge is 2.40. The number of carbonyl (C=O) groups excluding carboxylic acids is 1. The minimum Gasteiger partial charge on any atom is -0.340 e. The van der Waals surface area contributed by atoms with Crippen LogP contribution in [0.15, 0.2) is 17.0 Å². The Labute approximate surface area is 206 Å². The Kier molecular flexibility index (Phi) is 7.75. The second-order valence-electron chi connectivity index (χ2n) is 11.2. The first kappa shape index (κ1) is 25.6. The molecular weight excluding hydrogens is 446 g/mol. The molecule has 0 unspecified atom stereocenters. The number of hydrogen-bond acceptors (Lipinski definition) is 4. The first-order valence-electron chi connectivity index (χ1n) is 13.2. The Morgan fingerprint density at radius 2 is 1.50 bits per heavy atom. The standard InChI is InChI=1S/C27H43N3O3S/c1-19(2)28-12-14-29(15-13-28)27(31)24-8-10-25(11-9-24)30(18-23-6-7-23)34(32,33)26-21(4)16-20(3)17-22(26)5/h16-17,19,23-25H,6-15,18H2,1-5H3/t24-,25-. The predicted molar refractivity (Wildman–Crippen MR) is 136 cm³/mol. The van der Waals surface area contributed by atoms with E-state index < -0.39 is 10.0 Å². The van der Waals surface area contributed by atoms with Crippen LogP contribution in [0.25, 0.3) is 0 Å². The molecule has 1 amide bonds. The summed E-state index contributed by atoms with van der Waals surface area (Å²) in [5.74, 6) is 0.802. The largest absolute Gasteiger partial charge is 0.340 e. The Balaban J connectivity index is 1.44. The van der Waals surface area contributed by atoms with Crippen LogP contribution in [0.3, 0.4) is 0 Å². The lowest BCUT2D eigenvalue weighted by atomic mass is 9.85. The molecule has 7 heteroatoms. The minimum atomic E-state index is -3.57. The molecule has 34 heavy (non-hydrogen) atoms. The van der Waals surface area contributed by atoms with Crippen LogP contribution in [0, 0.1) is 32.6 Å². The smallest absolute Gasteiger partial charge is 0.243 e. The van der Waals surface area contributed by atoms with E-state index in [1.54, 1.807) is 0 Å². The van der Waals surface area contributed by atoms with Crippen molar-refractivity contribution in [2.45, 2.75) is 90.1 Å². The van der Waals surface area contributed by atoms with Gasteiger partial charge in [0.25, 0.3) is 0 Å². The number of amides is 1. The maximum atomic E-state index is 13.9. The summed E-state index contributed by atoms with van der Waals surface area (Å²) in [6.45, 7) is 14.4. The number of benzene rings is 1. The molecule has 1 aliphatic heterocycles. The van der Waals surface area contributed by atoms with Gasteiger partial charge in [-0.25, -0.2) is 8.42 Å². The van der Waals surface area contributed by atoms with Gasteiger partial charge < -0.3 is 4.90 Å². The van der Waals surface area contributed by atoms with E-state index in [4.69, 9.17) is 0 Å². The quantitative estimate of drug-likeness (QED) is 0.578. The Morgan fingerprint density at radius 1 is 0.941 bits per heavy atom. The zero-order valence-electron chi connectivity index (χ0n) is 21.7. The fraction of sp³-hybridized carbons (Fsp3) is 0.741. The van der Waals surface area contributed by atoms with Gasteiger partial charge in [0.2, 0.25) is 15.9 Å². The molecule has 0 radical (unpaired) electrons. The lowest BCUT2D eigenvalue weighted by Gasteiger charge is -2.40. The summed E-state index contributed by atoms with van der Waals surface area (Å²) in [4.78, 5) is 18.2. The maximum absolute atomic E-state index is 13.9. The number of aryl methyl sites for hydroxylation is 3. The van der Waals surface area contributed by atoms with E-state index in [9.17, 15) is 13.2 Å². The minimum absolute atomic E-state index is 0.00691. The third-order valence-corrected chi connectivity index (χ3v) is 10.3. The molecule has 0 N–H and O–H groups in total. The van der Waals surface area contributed by atoms with Crippen molar-refractivity contribution in [2.24, 2.45) is 11.8 Å². The van der Waals surface area contributed by atoms with E-state index >= 15 is 0 Å². The second-order valence-corrected chi connectivity index (χ2v) is 13.0. The highest BCUT2D eigenvalue weighted by atomic mass is 32.2. The number of rotatable bonds is 7. The summed E-state index contributed by atoms with van der Waals surface area (Å²) in [5, 5.41) is 0. The molecule has 3 aliphatic rings. The van der Waals surface area contributed by atoms with Crippen molar-refractivity contribution < 1.29 is 13.2 Å². The van der Waals surface area contributed by atoms with Crippen LogP contribution in [0.5, 0.6) is 0 Å². The molecule has 2 aliphatic carbocycles. The van der Waals surface area contributed by atoms with Crippen molar-refractivity contribution in [3.05, 3.63) is 28.8 Å². The summed E-state index contributed by atoms with van der Waals surface area (Å²) >= 11 is 0. The van der Waals surface area contributed by atoms with E-state index in [2.05, 4.69) is 18.7 Å². The van der Waals surface area contributed by atoms with Gasteiger partial charge in [-0.2, -0.15) is 4.31 Å². The van der Waals surface area contributed by atoms with E-state index in [1.165, 1.54) is 0 Å². The summed E-state index contributed by atoms with van der Waals surface area (Å²) in [6.07, 6.45) is 5.37. The van der Waals surface area contributed by atoms with Crippen LogP contribution >= 0.6 is 0 Å². The van der Waals surface area contributed by atoms with Gasteiger partial charge in [0.05, 0.1) is 4.90 Å². The van der Waals surface area contributed by atoms with Gasteiger partial charge in [-0.3, -0.25) is 9.69 Å². The first-order valence-corrected chi connectivity index (χ1v) is 14.6. The fourth-order valence-electron chi connectivity index (χ4n) is 6.02. The number of nitrogens with zero attached hydrogens (tertiary/aromatic N) is 3. The van der Waals surface area contributed by atoms with Crippen molar-refractivity contribution in [3.8, 4) is 0 Å². The lowest BCUT2D eigenvalue weighted by Crippen LogP contribution is -2.52. The molecule has 0 bridgehead atoms. The average molecular weight is 490 g/mol. The van der Waals surface area contributed by atoms with Crippen LogP contribution in [-0.2, 0) is 14.8 Å². The lowest BCUT2D eigenvalue weighted by molar-refractivity contribution is -0.138. The zero-order valence-corrected chi connectivity index (χ0v) is 22.5. The second kappa shape index (κ2) is 10.3. The van der Waals surface area contributed by atoms with Crippen LogP contribution in [-0.4, -0.2) is 73.2 Å². The van der Waals surface area contributed by atoms with Crippen LogP contribution in [0.1, 0.15) is 69.1 Å². The summed E-state index contributed by atoms with van der Waals surface area (Å²) in [7, 11) is -3.57. The van der Waals surface area contributed by atoms with Gasteiger partial charge in [-0.1, -0.05) is 17.7 Å². The number of piperazine rings is 1. The number of sulfonamides is 1. The van der Waals surface area contributed by atoms with E-state index in [0.29, 0.717) is 23.4 Å². The van der Waals surface area contributed by atoms with Gasteiger partial charge in [0.1, 0.15) is 0 Å². The van der Waals surface area contributed by atoms with E-state index in [0.717, 1.165) is 81.4 Å². The van der Waals surface area contributed by atoms with Gasteiger partial charge >= 0.3 is 0 Å². The summed E-state index contributed by atoms with van der Waals surface area (Å²) < 4.78 is 29.7. The van der Waals surface area contributed by atoms with Gasteiger partial charge in [-0.05, 0) is 90.2 Å². The van der Waals surface area contributed by atoms with Crippen LogP contribution < -0.4 is 0 Å². The molecule has 1 heterocycles. The Bertz CT molecular complexity index is 963. The molecule has 1 saturated heterocycles. The molecule has 6 nitrogen and oxygen atoms in total. The molecule has 1 aromatic rings. The van der Waals surface area contributed by atoms with Gasteiger partial charge in [0, 0.05) is 50.7 Å². The topological polar surface area (TPSA) is 60.9 Å². The Hall–Kier alpha value is -1.44. The molecule has 0 atom stereocenters. The monoisotopic (exact) mass is 489 g/mol. The molecule has 1 aromatic carbocycles. The van der Waals surface area contributed by atoms with Crippen molar-refractivity contribution >= 4 is 15.9 Å². The molecular formula is C27H43N3O3S. The number of carbonyl (C=O) groups is 1. The molecule has 0 spiro atoms. The highest BCUT2D eigenvalue weighted by molar-refractivity contribution is 7.89. The predicted octanol–water partition coefficient (Wildman–Crippen LogP) is 4.12. The van der Waals surface area contributed by atoms with Crippen molar-refractivity contribution in [1.82, 2.24) is 14.1 Å². The molecule has 2 saturated carbocycles. The number of hydrogen-bond donors (Lipinski definition) is 0. The zero-order chi connectivity index (χ0) is 24.6. The normalized spacial score (nSPS) is 24.7. The van der Waals surface area contributed by atoms with E-state index in [-0.39, 0.29) is 17.9 Å². The van der Waals surface area contributed by atoms with Crippen LogP contribution in [0.2, 0.25) is 0 Å². The summed E-state index contributed by atoms with van der Waals surface area (Å²) in [5.41, 5.74) is 2.77. The molecule has 190 valence electrons. The van der Waals surface area contributed by atoms with Crippen molar-refractivity contribution in [3.63, 3.8) is 0 Å². The van der Waals surface area contributed by atoms with E-state index in [1.807, 2.05) is 42.1 Å². The first-order chi connectivity index (χ1) is 16.1. The average Bonchev–Trinajstić information content (AvgIpc) is 3.60. The molecule has 4 rings (SSSR count). The summed E-state index contributed by atoms with van der Waals surface area (Å²) in [6, 6.07) is 4.47. The van der Waals surface area contributed by atoms with Crippen molar-refractivity contribution in [2.75, 3.05) is 32.7 Å². The molecule has 0 aromatic heterocycles. The SMILES string of the molecule is Cc1cc(C)c(S(=O)(=O)N(CC2CC2)[C@H]2CC[C@H](C(=O)N3CCN(C(C)C)CC3)CC2)c(C)c1. The highest BCUT2D eigenvalue weighted by Crippen LogP contribution is 2.38.